The fourth-order valence-electron chi connectivity index (χ4n) is 1.49. The van der Waals surface area contributed by atoms with Crippen LogP contribution >= 0.6 is 0 Å². The van der Waals surface area contributed by atoms with E-state index in [0.717, 1.165) is 13.1 Å². The van der Waals surface area contributed by atoms with E-state index in [1.165, 1.54) is 25.3 Å². The van der Waals surface area contributed by atoms with E-state index < -0.39 is 5.97 Å². The molecule has 1 aromatic carbocycles. The number of hydrogen-bond donors (Lipinski definition) is 2. The number of ether oxygens (including phenoxy) is 1. The molecule has 0 amide bonds. The van der Waals surface area contributed by atoms with E-state index in [-0.39, 0.29) is 11.9 Å². The first-order valence-corrected chi connectivity index (χ1v) is 5.06. The van der Waals surface area contributed by atoms with Gasteiger partial charge < -0.3 is 15.4 Å². The molecule has 1 aliphatic heterocycles. The molecule has 5 heteroatoms. The number of hydrogen-bond acceptors (Lipinski definition) is 4. The van der Waals surface area contributed by atoms with Crippen LogP contribution in [0, 0.1) is 5.82 Å². The first-order chi connectivity index (χ1) is 7.70. The topological polar surface area (TPSA) is 50.4 Å². The van der Waals surface area contributed by atoms with Crippen molar-refractivity contribution in [1.29, 1.82) is 0 Å². The molecule has 0 radical (unpaired) electrons. The number of carbonyl (C=O) groups excluding carboxylic acids is 1. The molecule has 2 rings (SSSR count). The van der Waals surface area contributed by atoms with E-state index in [4.69, 9.17) is 0 Å². The van der Waals surface area contributed by atoms with Crippen LogP contribution in [0.3, 0.4) is 0 Å². The molecule has 0 saturated carbocycles. The van der Waals surface area contributed by atoms with Crippen LogP contribution in [0.5, 0.6) is 0 Å². The highest BCUT2D eigenvalue weighted by atomic mass is 19.1. The first-order valence-electron chi connectivity index (χ1n) is 5.06. The molecule has 1 fully saturated rings. The number of halogens is 1. The maximum Gasteiger partial charge on any atom is 0.337 e. The summed E-state index contributed by atoms with van der Waals surface area (Å²) in [6, 6.07) is 4.37. The zero-order chi connectivity index (χ0) is 11.5. The maximum atomic E-state index is 13.4. The van der Waals surface area contributed by atoms with E-state index in [0.29, 0.717) is 11.3 Å². The van der Waals surface area contributed by atoms with Crippen LogP contribution in [0.2, 0.25) is 0 Å². The predicted octanol–water partition coefficient (Wildman–Crippen LogP) is 0.996. The van der Waals surface area contributed by atoms with Crippen molar-refractivity contribution in [2.75, 3.05) is 25.5 Å². The minimum atomic E-state index is -0.463. The second-order valence-corrected chi connectivity index (χ2v) is 3.69. The Morgan fingerprint density at radius 1 is 1.56 bits per heavy atom. The van der Waals surface area contributed by atoms with Crippen LogP contribution in [-0.4, -0.2) is 32.2 Å². The molecule has 0 bridgehead atoms. The summed E-state index contributed by atoms with van der Waals surface area (Å²) >= 11 is 0. The van der Waals surface area contributed by atoms with Gasteiger partial charge in [0.15, 0.2) is 0 Å². The average molecular weight is 224 g/mol. The highest BCUT2D eigenvalue weighted by Gasteiger charge is 2.18. The van der Waals surface area contributed by atoms with Crippen molar-refractivity contribution in [3.63, 3.8) is 0 Å². The number of carbonyl (C=O) groups is 1. The summed E-state index contributed by atoms with van der Waals surface area (Å²) in [5.74, 6) is -0.825. The molecule has 0 unspecified atom stereocenters. The summed E-state index contributed by atoms with van der Waals surface area (Å²) in [6.07, 6.45) is 0. The molecular formula is C11H13FN2O2. The summed E-state index contributed by atoms with van der Waals surface area (Å²) in [7, 11) is 1.30. The van der Waals surface area contributed by atoms with E-state index in [1.54, 1.807) is 0 Å². The van der Waals surface area contributed by atoms with Crippen LogP contribution in [0.15, 0.2) is 18.2 Å². The van der Waals surface area contributed by atoms with E-state index >= 15 is 0 Å². The van der Waals surface area contributed by atoms with Crippen LogP contribution in [-0.2, 0) is 4.74 Å². The molecule has 86 valence electrons. The Bertz CT molecular complexity index is 405. The third-order valence-corrected chi connectivity index (χ3v) is 2.53. The van der Waals surface area contributed by atoms with Crippen molar-refractivity contribution in [2.24, 2.45) is 0 Å². The lowest BCUT2D eigenvalue weighted by molar-refractivity contribution is 0.0600. The number of methoxy groups -OCH3 is 1. The number of esters is 1. The van der Waals surface area contributed by atoms with Crippen molar-refractivity contribution < 1.29 is 13.9 Å². The second kappa shape index (κ2) is 4.49. The molecule has 1 saturated heterocycles. The Hall–Kier alpha value is -1.62. The average Bonchev–Trinajstić information content (AvgIpc) is 2.24. The lowest BCUT2D eigenvalue weighted by Crippen LogP contribution is -2.51. The van der Waals surface area contributed by atoms with Gasteiger partial charge in [0.2, 0.25) is 0 Å². The first kappa shape index (κ1) is 10.9. The monoisotopic (exact) mass is 224 g/mol. The molecule has 2 N–H and O–H groups in total. The zero-order valence-corrected chi connectivity index (χ0v) is 8.92. The summed E-state index contributed by atoms with van der Waals surface area (Å²) in [6.45, 7) is 1.61. The normalized spacial score (nSPS) is 15.4. The summed E-state index contributed by atoms with van der Waals surface area (Å²) in [4.78, 5) is 11.3. The van der Waals surface area contributed by atoms with Gasteiger partial charge in [0.05, 0.1) is 24.4 Å². The van der Waals surface area contributed by atoms with E-state index in [9.17, 15) is 9.18 Å². The smallest absolute Gasteiger partial charge is 0.337 e. The lowest BCUT2D eigenvalue weighted by atomic mass is 10.1. The van der Waals surface area contributed by atoms with Crippen LogP contribution in [0.25, 0.3) is 0 Å². The van der Waals surface area contributed by atoms with E-state index in [2.05, 4.69) is 15.4 Å². The van der Waals surface area contributed by atoms with Gasteiger partial charge in [-0.15, -0.1) is 0 Å². The van der Waals surface area contributed by atoms with E-state index in [1.807, 2.05) is 0 Å². The minimum absolute atomic E-state index is 0.224. The summed E-state index contributed by atoms with van der Waals surface area (Å²) < 4.78 is 18.0. The Kier molecular flexibility index (Phi) is 3.05. The number of rotatable bonds is 3. The lowest BCUT2D eigenvalue weighted by Gasteiger charge is -2.29. The molecule has 1 heterocycles. The molecule has 16 heavy (non-hydrogen) atoms. The van der Waals surface area contributed by atoms with Gasteiger partial charge in [-0.05, 0) is 18.2 Å². The van der Waals surface area contributed by atoms with Crippen molar-refractivity contribution >= 4 is 11.7 Å². The molecule has 0 atom stereocenters. The molecule has 1 aliphatic rings. The zero-order valence-electron chi connectivity index (χ0n) is 8.92. The molecule has 0 aromatic heterocycles. The fraction of sp³-hybridized carbons (Fsp3) is 0.364. The number of nitrogens with one attached hydrogen (secondary N) is 2. The minimum Gasteiger partial charge on any atom is -0.465 e. The van der Waals surface area contributed by atoms with Crippen LogP contribution in [0.4, 0.5) is 10.1 Å². The Morgan fingerprint density at radius 3 is 2.88 bits per heavy atom. The summed E-state index contributed by atoms with van der Waals surface area (Å²) in [5, 5.41) is 6.09. The SMILES string of the molecule is COC(=O)c1ccc(F)c(NC2CNC2)c1. The number of benzene rings is 1. The Morgan fingerprint density at radius 2 is 2.31 bits per heavy atom. The summed E-state index contributed by atoms with van der Waals surface area (Å²) in [5.41, 5.74) is 0.688. The standard InChI is InChI=1S/C11H13FN2O2/c1-16-11(15)7-2-3-9(12)10(4-7)14-8-5-13-6-8/h2-4,8,13-14H,5-6H2,1H3. The Balaban J connectivity index is 2.17. The van der Waals surface area contributed by atoms with Crippen LogP contribution < -0.4 is 10.6 Å². The number of anilines is 1. The molecule has 0 spiro atoms. The van der Waals surface area contributed by atoms with Gasteiger partial charge >= 0.3 is 5.97 Å². The fourth-order valence-corrected chi connectivity index (χ4v) is 1.49. The third-order valence-electron chi connectivity index (χ3n) is 2.53. The van der Waals surface area contributed by atoms with Gasteiger partial charge in [0, 0.05) is 13.1 Å². The molecule has 1 aromatic rings. The highest BCUT2D eigenvalue weighted by Crippen LogP contribution is 2.18. The Labute approximate surface area is 92.8 Å². The highest BCUT2D eigenvalue weighted by molar-refractivity contribution is 5.90. The second-order valence-electron chi connectivity index (χ2n) is 3.69. The van der Waals surface area contributed by atoms with Gasteiger partial charge in [-0.1, -0.05) is 0 Å². The molecule has 0 aliphatic carbocycles. The molecule has 4 nitrogen and oxygen atoms in total. The van der Waals surface area contributed by atoms with Crippen molar-refractivity contribution in [3.05, 3.63) is 29.6 Å². The van der Waals surface area contributed by atoms with Gasteiger partial charge in [0.25, 0.3) is 0 Å². The van der Waals surface area contributed by atoms with Crippen LogP contribution in [0.1, 0.15) is 10.4 Å². The van der Waals surface area contributed by atoms with Crippen molar-refractivity contribution in [1.82, 2.24) is 5.32 Å². The van der Waals surface area contributed by atoms with Gasteiger partial charge in [-0.2, -0.15) is 0 Å². The van der Waals surface area contributed by atoms with Gasteiger partial charge in [-0.25, -0.2) is 9.18 Å². The predicted molar refractivity (Wildman–Crippen MR) is 58.0 cm³/mol. The van der Waals surface area contributed by atoms with Gasteiger partial charge in [0.1, 0.15) is 5.82 Å². The maximum absolute atomic E-state index is 13.4. The third kappa shape index (κ3) is 2.14. The quantitative estimate of drug-likeness (QED) is 0.752. The van der Waals surface area contributed by atoms with Gasteiger partial charge in [-0.3, -0.25) is 0 Å². The largest absolute Gasteiger partial charge is 0.465 e. The van der Waals surface area contributed by atoms with Crippen molar-refractivity contribution in [2.45, 2.75) is 6.04 Å². The van der Waals surface area contributed by atoms with Crippen molar-refractivity contribution in [3.8, 4) is 0 Å². The molecular weight excluding hydrogens is 211 g/mol.